The average Bonchev–Trinajstić information content (AvgIpc) is 2.41. The summed E-state index contributed by atoms with van der Waals surface area (Å²) in [5.74, 6) is -1.78. The van der Waals surface area contributed by atoms with Crippen LogP contribution in [0.3, 0.4) is 0 Å². The zero-order valence-corrected chi connectivity index (χ0v) is 11.8. The summed E-state index contributed by atoms with van der Waals surface area (Å²) in [5.41, 5.74) is 7.28. The number of benzene rings is 2. The van der Waals surface area contributed by atoms with Gasteiger partial charge in [0, 0.05) is 16.8 Å². The van der Waals surface area contributed by atoms with E-state index in [2.05, 4.69) is 5.32 Å². The van der Waals surface area contributed by atoms with Crippen LogP contribution in [0, 0.1) is 18.6 Å². The number of hydrogen-bond acceptors (Lipinski definition) is 2. The highest BCUT2D eigenvalue weighted by molar-refractivity contribution is 5.95. The molecule has 2 aromatic rings. The van der Waals surface area contributed by atoms with Gasteiger partial charge in [0.05, 0.1) is 6.04 Å². The molecule has 2 rings (SSSR count). The quantitative estimate of drug-likeness (QED) is 0.852. The third kappa shape index (κ3) is 3.18. The largest absolute Gasteiger partial charge is 0.399 e. The molecule has 2 aromatic carbocycles. The lowest BCUT2D eigenvalue weighted by atomic mass is 10.1. The van der Waals surface area contributed by atoms with Crippen molar-refractivity contribution in [2.45, 2.75) is 19.9 Å². The van der Waals surface area contributed by atoms with Crippen molar-refractivity contribution in [1.29, 1.82) is 0 Å². The van der Waals surface area contributed by atoms with Gasteiger partial charge in [0.25, 0.3) is 5.91 Å². The molecule has 0 heterocycles. The van der Waals surface area contributed by atoms with Crippen LogP contribution in [-0.4, -0.2) is 5.91 Å². The molecule has 1 unspecified atom stereocenters. The number of halogens is 2. The second kappa shape index (κ2) is 5.91. The van der Waals surface area contributed by atoms with Gasteiger partial charge in [-0.2, -0.15) is 0 Å². The SMILES string of the molecule is Cc1cc(C(=O)NC(C)c2c(F)cccc2F)ccc1N. The first-order valence-electron chi connectivity index (χ1n) is 6.51. The maximum Gasteiger partial charge on any atom is 0.251 e. The lowest BCUT2D eigenvalue weighted by Crippen LogP contribution is -2.28. The highest BCUT2D eigenvalue weighted by Gasteiger charge is 2.18. The highest BCUT2D eigenvalue weighted by atomic mass is 19.1. The number of nitrogens with two attached hydrogens (primary N) is 1. The third-order valence-corrected chi connectivity index (χ3v) is 3.31. The van der Waals surface area contributed by atoms with Crippen molar-refractivity contribution in [1.82, 2.24) is 5.32 Å². The molecule has 0 saturated carbocycles. The number of nitrogens with one attached hydrogen (secondary N) is 1. The molecule has 0 saturated heterocycles. The fourth-order valence-electron chi connectivity index (χ4n) is 2.09. The van der Waals surface area contributed by atoms with Crippen LogP contribution in [0.4, 0.5) is 14.5 Å². The number of carbonyl (C=O) groups is 1. The second-order valence-corrected chi connectivity index (χ2v) is 4.90. The molecule has 0 radical (unpaired) electrons. The van der Waals surface area contributed by atoms with Crippen LogP contribution in [0.2, 0.25) is 0 Å². The van der Waals surface area contributed by atoms with Gasteiger partial charge in [0.1, 0.15) is 11.6 Å². The van der Waals surface area contributed by atoms with E-state index in [4.69, 9.17) is 5.73 Å². The molecule has 3 N–H and O–H groups in total. The predicted molar refractivity (Wildman–Crippen MR) is 77.8 cm³/mol. The standard InChI is InChI=1S/C16H16F2N2O/c1-9-8-11(6-7-14(9)19)16(21)20-10(2)15-12(17)4-3-5-13(15)18/h3-8,10H,19H2,1-2H3,(H,20,21). The summed E-state index contributed by atoms with van der Waals surface area (Å²) in [7, 11) is 0. The van der Waals surface area contributed by atoms with Gasteiger partial charge in [-0.15, -0.1) is 0 Å². The molecular formula is C16H16F2N2O. The lowest BCUT2D eigenvalue weighted by Gasteiger charge is -2.16. The Labute approximate surface area is 121 Å². The van der Waals surface area contributed by atoms with E-state index in [9.17, 15) is 13.6 Å². The summed E-state index contributed by atoms with van der Waals surface area (Å²) < 4.78 is 27.3. The molecule has 110 valence electrons. The lowest BCUT2D eigenvalue weighted by molar-refractivity contribution is 0.0938. The molecule has 0 aromatic heterocycles. The molecule has 0 aliphatic rings. The number of amides is 1. The van der Waals surface area contributed by atoms with Crippen molar-refractivity contribution >= 4 is 11.6 Å². The van der Waals surface area contributed by atoms with Crippen molar-refractivity contribution in [2.24, 2.45) is 0 Å². The van der Waals surface area contributed by atoms with E-state index >= 15 is 0 Å². The minimum Gasteiger partial charge on any atom is -0.399 e. The topological polar surface area (TPSA) is 55.1 Å². The maximum atomic E-state index is 13.7. The third-order valence-electron chi connectivity index (χ3n) is 3.31. The van der Waals surface area contributed by atoms with Gasteiger partial charge < -0.3 is 11.1 Å². The zero-order valence-electron chi connectivity index (χ0n) is 11.8. The van der Waals surface area contributed by atoms with Gasteiger partial charge in [-0.05, 0) is 49.7 Å². The van der Waals surface area contributed by atoms with Gasteiger partial charge >= 0.3 is 0 Å². The summed E-state index contributed by atoms with van der Waals surface area (Å²) in [6.07, 6.45) is 0. The summed E-state index contributed by atoms with van der Waals surface area (Å²) in [6, 6.07) is 7.65. The van der Waals surface area contributed by atoms with E-state index in [-0.39, 0.29) is 5.56 Å². The first-order valence-corrected chi connectivity index (χ1v) is 6.51. The van der Waals surface area contributed by atoms with E-state index < -0.39 is 23.6 Å². The maximum absolute atomic E-state index is 13.7. The Balaban J connectivity index is 2.21. The molecule has 0 aliphatic carbocycles. The molecule has 0 aliphatic heterocycles. The van der Waals surface area contributed by atoms with Gasteiger partial charge in [0.2, 0.25) is 0 Å². The number of anilines is 1. The van der Waals surface area contributed by atoms with Crippen molar-refractivity contribution < 1.29 is 13.6 Å². The van der Waals surface area contributed by atoms with Crippen molar-refractivity contribution in [3.63, 3.8) is 0 Å². The summed E-state index contributed by atoms with van der Waals surface area (Å²) in [5, 5.41) is 2.58. The molecule has 0 fully saturated rings. The molecule has 0 bridgehead atoms. The number of nitrogen functional groups attached to an aromatic ring is 1. The molecule has 3 nitrogen and oxygen atoms in total. The molecular weight excluding hydrogens is 274 g/mol. The number of hydrogen-bond donors (Lipinski definition) is 2. The fraction of sp³-hybridized carbons (Fsp3) is 0.188. The van der Waals surface area contributed by atoms with Crippen LogP contribution in [0.1, 0.15) is 34.5 Å². The Morgan fingerprint density at radius 1 is 1.19 bits per heavy atom. The molecule has 21 heavy (non-hydrogen) atoms. The Morgan fingerprint density at radius 2 is 1.81 bits per heavy atom. The summed E-state index contributed by atoms with van der Waals surface area (Å²) >= 11 is 0. The van der Waals surface area contributed by atoms with Gasteiger partial charge in [-0.1, -0.05) is 6.07 Å². The fourth-order valence-corrected chi connectivity index (χ4v) is 2.09. The van der Waals surface area contributed by atoms with Gasteiger partial charge in [-0.25, -0.2) is 8.78 Å². The van der Waals surface area contributed by atoms with Crippen LogP contribution in [-0.2, 0) is 0 Å². The van der Waals surface area contributed by atoms with Crippen LogP contribution in [0.15, 0.2) is 36.4 Å². The Kier molecular flexibility index (Phi) is 4.21. The number of carbonyl (C=O) groups excluding carboxylic acids is 1. The molecule has 5 heteroatoms. The van der Waals surface area contributed by atoms with Crippen LogP contribution in [0.25, 0.3) is 0 Å². The molecule has 1 atom stereocenters. The van der Waals surface area contributed by atoms with Crippen LogP contribution >= 0.6 is 0 Å². The normalized spacial score (nSPS) is 12.0. The number of rotatable bonds is 3. The highest BCUT2D eigenvalue weighted by Crippen LogP contribution is 2.21. The average molecular weight is 290 g/mol. The first-order chi connectivity index (χ1) is 9.90. The van der Waals surface area contributed by atoms with E-state index in [1.165, 1.54) is 13.0 Å². The Hall–Kier alpha value is -2.43. The predicted octanol–water partition coefficient (Wildman–Crippen LogP) is 3.35. The van der Waals surface area contributed by atoms with E-state index in [0.29, 0.717) is 11.3 Å². The van der Waals surface area contributed by atoms with E-state index in [1.54, 1.807) is 25.1 Å². The monoisotopic (exact) mass is 290 g/mol. The number of aryl methyl sites for hydroxylation is 1. The molecule has 0 spiro atoms. The smallest absolute Gasteiger partial charge is 0.251 e. The minimum atomic E-state index is -0.781. The van der Waals surface area contributed by atoms with Crippen molar-refractivity contribution in [3.8, 4) is 0 Å². The Morgan fingerprint density at radius 3 is 2.38 bits per heavy atom. The van der Waals surface area contributed by atoms with Crippen molar-refractivity contribution in [3.05, 3.63) is 64.7 Å². The minimum absolute atomic E-state index is 0.155. The van der Waals surface area contributed by atoms with Gasteiger partial charge in [-0.3, -0.25) is 4.79 Å². The zero-order chi connectivity index (χ0) is 15.6. The summed E-state index contributed by atoms with van der Waals surface area (Å²) in [6.45, 7) is 3.32. The van der Waals surface area contributed by atoms with E-state index in [0.717, 1.165) is 17.7 Å². The van der Waals surface area contributed by atoms with Crippen LogP contribution in [0.5, 0.6) is 0 Å². The summed E-state index contributed by atoms with van der Waals surface area (Å²) in [4.78, 5) is 12.1. The van der Waals surface area contributed by atoms with Crippen molar-refractivity contribution in [2.75, 3.05) is 5.73 Å². The van der Waals surface area contributed by atoms with E-state index in [1.807, 2.05) is 0 Å². The Bertz CT molecular complexity index is 666. The van der Waals surface area contributed by atoms with Crippen LogP contribution < -0.4 is 11.1 Å². The second-order valence-electron chi connectivity index (χ2n) is 4.90. The molecule has 1 amide bonds. The van der Waals surface area contributed by atoms with Gasteiger partial charge in [0.15, 0.2) is 0 Å². The first kappa shape index (κ1) is 15.0.